The van der Waals surface area contributed by atoms with Gasteiger partial charge in [0, 0.05) is 18.4 Å². The number of nitrogens with zero attached hydrogens (tertiary/aromatic N) is 4. The second kappa shape index (κ2) is 4.88. The Kier molecular flexibility index (Phi) is 3.28. The summed E-state index contributed by atoms with van der Waals surface area (Å²) in [6.45, 7) is 4.46. The Morgan fingerprint density at radius 2 is 2.17 bits per heavy atom. The molecule has 0 aromatic carbocycles. The van der Waals surface area contributed by atoms with Gasteiger partial charge in [0.25, 0.3) is 5.56 Å². The molecule has 0 aliphatic carbocycles. The van der Waals surface area contributed by atoms with Crippen LogP contribution in [0.1, 0.15) is 31.1 Å². The zero-order valence-electron chi connectivity index (χ0n) is 10.4. The molecule has 2 aromatic heterocycles. The van der Waals surface area contributed by atoms with Gasteiger partial charge < -0.3 is 4.57 Å². The maximum atomic E-state index is 11.9. The molecule has 0 unspecified atom stereocenters. The topological polar surface area (TPSA) is 63.6 Å². The highest BCUT2D eigenvalue weighted by molar-refractivity contribution is 5.25. The van der Waals surface area contributed by atoms with Crippen LogP contribution in [0.4, 0.5) is 0 Å². The van der Waals surface area contributed by atoms with Crippen molar-refractivity contribution >= 4 is 0 Å². The highest BCUT2D eigenvalue weighted by atomic mass is 16.1. The molecule has 2 heterocycles. The number of pyridine rings is 1. The van der Waals surface area contributed by atoms with Crippen LogP contribution >= 0.6 is 0 Å². The van der Waals surface area contributed by atoms with E-state index in [0.717, 1.165) is 5.69 Å². The number of hydrogen-bond donors (Lipinski definition) is 0. The fourth-order valence-corrected chi connectivity index (χ4v) is 1.67. The van der Waals surface area contributed by atoms with Gasteiger partial charge in [-0.05, 0) is 32.0 Å². The predicted octanol–water partition coefficient (Wildman–Crippen LogP) is 1.55. The van der Waals surface area contributed by atoms with Crippen LogP contribution in [0.3, 0.4) is 0 Å². The van der Waals surface area contributed by atoms with Gasteiger partial charge in [-0.15, -0.1) is 0 Å². The van der Waals surface area contributed by atoms with E-state index < -0.39 is 0 Å². The van der Waals surface area contributed by atoms with Crippen LogP contribution in [0, 0.1) is 11.3 Å². The molecule has 5 nitrogen and oxygen atoms in total. The minimum atomic E-state index is -0.279. The van der Waals surface area contributed by atoms with Gasteiger partial charge in [0.05, 0.1) is 12.2 Å². The standard InChI is InChI=1S/C13H14N4O/c1-10(2)17-7-5-12(15-17)9-16-6-3-4-11(8-14)13(16)18/h3-7,10H,9H2,1-2H3. The molecule has 0 saturated heterocycles. The Balaban J connectivity index is 2.29. The number of rotatable bonds is 3. The first-order valence-electron chi connectivity index (χ1n) is 5.75. The molecular weight excluding hydrogens is 228 g/mol. The van der Waals surface area contributed by atoms with Crippen LogP contribution in [0.25, 0.3) is 0 Å². The van der Waals surface area contributed by atoms with E-state index in [1.54, 1.807) is 12.3 Å². The normalized spacial score (nSPS) is 10.6. The van der Waals surface area contributed by atoms with Crippen molar-refractivity contribution in [2.45, 2.75) is 26.4 Å². The second-order valence-corrected chi connectivity index (χ2v) is 4.35. The van der Waals surface area contributed by atoms with Crippen LogP contribution < -0.4 is 5.56 Å². The average Bonchev–Trinajstić information content (AvgIpc) is 2.80. The highest BCUT2D eigenvalue weighted by Crippen LogP contribution is 2.05. The third kappa shape index (κ3) is 2.33. The third-order valence-electron chi connectivity index (χ3n) is 2.67. The van der Waals surface area contributed by atoms with Gasteiger partial charge in [-0.1, -0.05) is 0 Å². The lowest BCUT2D eigenvalue weighted by atomic mass is 10.3. The smallest absolute Gasteiger partial charge is 0.268 e. The Labute approximate surface area is 105 Å². The molecule has 0 atom stereocenters. The molecule has 0 N–H and O–H groups in total. The Hall–Kier alpha value is -2.35. The van der Waals surface area contributed by atoms with Gasteiger partial charge in [0.1, 0.15) is 11.6 Å². The van der Waals surface area contributed by atoms with Crippen molar-refractivity contribution in [3.63, 3.8) is 0 Å². The Morgan fingerprint density at radius 3 is 2.78 bits per heavy atom. The van der Waals surface area contributed by atoms with Gasteiger partial charge in [-0.25, -0.2) is 0 Å². The van der Waals surface area contributed by atoms with Crippen molar-refractivity contribution in [3.8, 4) is 6.07 Å². The van der Waals surface area contributed by atoms with Crippen molar-refractivity contribution in [2.24, 2.45) is 0 Å². The molecule has 18 heavy (non-hydrogen) atoms. The van der Waals surface area contributed by atoms with Gasteiger partial charge in [0.15, 0.2) is 0 Å². The van der Waals surface area contributed by atoms with E-state index in [4.69, 9.17) is 5.26 Å². The van der Waals surface area contributed by atoms with E-state index in [0.29, 0.717) is 12.6 Å². The Morgan fingerprint density at radius 1 is 1.39 bits per heavy atom. The summed E-state index contributed by atoms with van der Waals surface area (Å²) in [7, 11) is 0. The summed E-state index contributed by atoms with van der Waals surface area (Å²) in [5.41, 5.74) is 0.681. The van der Waals surface area contributed by atoms with Crippen molar-refractivity contribution < 1.29 is 0 Å². The van der Waals surface area contributed by atoms with E-state index in [9.17, 15) is 4.79 Å². The largest absolute Gasteiger partial charge is 0.308 e. The molecule has 2 rings (SSSR count). The van der Waals surface area contributed by atoms with E-state index >= 15 is 0 Å². The molecule has 0 bridgehead atoms. The van der Waals surface area contributed by atoms with Crippen LogP contribution in [0.15, 0.2) is 35.4 Å². The van der Waals surface area contributed by atoms with Crippen LogP contribution in [0.2, 0.25) is 0 Å². The minimum absolute atomic E-state index is 0.154. The molecule has 0 aliphatic heterocycles. The molecule has 92 valence electrons. The van der Waals surface area contributed by atoms with E-state index in [2.05, 4.69) is 5.10 Å². The summed E-state index contributed by atoms with van der Waals surface area (Å²) in [4.78, 5) is 11.9. The van der Waals surface area contributed by atoms with Gasteiger partial charge in [-0.2, -0.15) is 10.4 Å². The summed E-state index contributed by atoms with van der Waals surface area (Å²) < 4.78 is 3.33. The van der Waals surface area contributed by atoms with Crippen molar-refractivity contribution in [3.05, 3.63) is 52.2 Å². The van der Waals surface area contributed by atoms with Crippen molar-refractivity contribution in [1.29, 1.82) is 5.26 Å². The zero-order valence-corrected chi connectivity index (χ0v) is 10.4. The molecule has 2 aromatic rings. The summed E-state index contributed by atoms with van der Waals surface area (Å²) in [5, 5.41) is 13.2. The monoisotopic (exact) mass is 242 g/mol. The maximum Gasteiger partial charge on any atom is 0.268 e. The predicted molar refractivity (Wildman–Crippen MR) is 67.1 cm³/mol. The number of nitriles is 1. The average molecular weight is 242 g/mol. The molecule has 0 fully saturated rings. The first-order chi connectivity index (χ1) is 8.61. The molecule has 0 saturated carbocycles. The number of aromatic nitrogens is 3. The number of hydrogen-bond acceptors (Lipinski definition) is 3. The summed E-state index contributed by atoms with van der Waals surface area (Å²) in [5.74, 6) is 0. The van der Waals surface area contributed by atoms with E-state index in [1.807, 2.05) is 36.9 Å². The van der Waals surface area contributed by atoms with Gasteiger partial charge >= 0.3 is 0 Å². The fraction of sp³-hybridized carbons (Fsp3) is 0.308. The molecule has 0 aliphatic rings. The quantitative estimate of drug-likeness (QED) is 0.820. The Bertz CT molecular complexity index is 645. The first-order valence-corrected chi connectivity index (χ1v) is 5.75. The molecule has 5 heteroatoms. The first kappa shape index (κ1) is 12.1. The lowest BCUT2D eigenvalue weighted by Crippen LogP contribution is -2.22. The third-order valence-corrected chi connectivity index (χ3v) is 2.67. The van der Waals surface area contributed by atoms with E-state index in [-0.39, 0.29) is 11.1 Å². The van der Waals surface area contributed by atoms with Crippen LogP contribution in [-0.4, -0.2) is 14.3 Å². The second-order valence-electron chi connectivity index (χ2n) is 4.35. The molecule has 0 radical (unpaired) electrons. The molecule has 0 spiro atoms. The molecular formula is C13H14N4O. The van der Waals surface area contributed by atoms with Crippen molar-refractivity contribution in [1.82, 2.24) is 14.3 Å². The summed E-state index contributed by atoms with van der Waals surface area (Å²) in [6.07, 6.45) is 3.55. The highest BCUT2D eigenvalue weighted by Gasteiger charge is 2.06. The lowest BCUT2D eigenvalue weighted by molar-refractivity contribution is 0.523. The van der Waals surface area contributed by atoms with Gasteiger partial charge in [-0.3, -0.25) is 9.48 Å². The minimum Gasteiger partial charge on any atom is -0.308 e. The molecule has 0 amide bonds. The van der Waals surface area contributed by atoms with E-state index in [1.165, 1.54) is 10.6 Å². The maximum absolute atomic E-state index is 11.9. The van der Waals surface area contributed by atoms with Gasteiger partial charge in [0.2, 0.25) is 0 Å². The zero-order chi connectivity index (χ0) is 13.1. The SMILES string of the molecule is CC(C)n1ccc(Cn2cccc(C#N)c2=O)n1. The van der Waals surface area contributed by atoms with Crippen LogP contribution in [-0.2, 0) is 6.54 Å². The fourth-order valence-electron chi connectivity index (χ4n) is 1.67. The summed E-state index contributed by atoms with van der Waals surface area (Å²) >= 11 is 0. The van der Waals surface area contributed by atoms with Crippen LogP contribution in [0.5, 0.6) is 0 Å². The van der Waals surface area contributed by atoms with Crippen molar-refractivity contribution in [2.75, 3.05) is 0 Å². The lowest BCUT2D eigenvalue weighted by Gasteiger charge is -2.05. The summed E-state index contributed by atoms with van der Waals surface area (Å²) in [6, 6.07) is 7.27.